The lowest BCUT2D eigenvalue weighted by Crippen LogP contribution is -2.54. The van der Waals surface area contributed by atoms with Crippen molar-refractivity contribution in [2.45, 2.75) is 46.0 Å². The van der Waals surface area contributed by atoms with Crippen molar-refractivity contribution in [1.82, 2.24) is 24.8 Å². The largest absolute Gasteiger partial charge is 0.481 e. The van der Waals surface area contributed by atoms with Crippen LogP contribution >= 0.6 is 11.3 Å². The average Bonchev–Trinajstić information content (AvgIpc) is 3.44. The third-order valence-electron chi connectivity index (χ3n) is 9.52. The number of carbonyl (C=O) groups excluding carboxylic acids is 1. The Bertz CT molecular complexity index is 1430. The van der Waals surface area contributed by atoms with E-state index in [4.69, 9.17) is 20.1 Å². The second-order valence-corrected chi connectivity index (χ2v) is 13.1. The molecule has 1 amide bonds. The van der Waals surface area contributed by atoms with Crippen molar-refractivity contribution in [1.29, 1.82) is 0 Å². The molecule has 1 aliphatic heterocycles. The summed E-state index contributed by atoms with van der Waals surface area (Å²) in [6, 6.07) is 6.02. The fraction of sp³-hybridized carbons (Fsp3) is 0.586. The van der Waals surface area contributed by atoms with Crippen LogP contribution < -0.4 is 15.1 Å². The van der Waals surface area contributed by atoms with E-state index in [1.165, 1.54) is 19.3 Å². The number of carboxylic acids is 1. The zero-order valence-corrected chi connectivity index (χ0v) is 24.7. The van der Waals surface area contributed by atoms with Gasteiger partial charge in [-0.1, -0.05) is 13.8 Å². The van der Waals surface area contributed by atoms with E-state index in [2.05, 4.69) is 47.1 Å². The van der Waals surface area contributed by atoms with E-state index in [0.717, 1.165) is 34.3 Å². The summed E-state index contributed by atoms with van der Waals surface area (Å²) < 4.78 is 1.09. The fourth-order valence-corrected chi connectivity index (χ4v) is 7.64. The smallest absolute Gasteiger partial charge is 0.303 e. The zero-order valence-electron chi connectivity index (χ0n) is 23.9. The summed E-state index contributed by atoms with van der Waals surface area (Å²) in [6.45, 7) is 7.89. The Hall–Kier alpha value is -3.54. The highest BCUT2D eigenvalue weighted by molar-refractivity contribution is 7.16. The molecular weight excluding hydrogens is 540 g/mol. The van der Waals surface area contributed by atoms with Crippen LogP contribution in [0.3, 0.4) is 0 Å². The summed E-state index contributed by atoms with van der Waals surface area (Å²) in [5.74, 6) is 2.82. The van der Waals surface area contributed by atoms with Gasteiger partial charge in [-0.25, -0.2) is 4.98 Å². The van der Waals surface area contributed by atoms with E-state index in [1.807, 2.05) is 17.6 Å². The molecule has 2 N–H and O–H groups in total. The van der Waals surface area contributed by atoms with E-state index in [9.17, 15) is 9.59 Å². The molecule has 4 fully saturated rings. The first kappa shape index (κ1) is 27.6. The van der Waals surface area contributed by atoms with Crippen molar-refractivity contribution in [2.75, 3.05) is 54.9 Å². The Morgan fingerprint density at radius 1 is 1.12 bits per heavy atom. The van der Waals surface area contributed by atoms with Gasteiger partial charge < -0.3 is 25.1 Å². The van der Waals surface area contributed by atoms with Gasteiger partial charge in [0.15, 0.2) is 0 Å². The first-order valence-electron chi connectivity index (χ1n) is 14.5. The Morgan fingerprint density at radius 3 is 2.66 bits per heavy atom. The molecule has 2 aromatic heterocycles. The van der Waals surface area contributed by atoms with Crippen molar-refractivity contribution in [3.05, 3.63) is 23.7 Å². The summed E-state index contributed by atoms with van der Waals surface area (Å²) in [6.07, 6.45) is 3.75. The standard InChI is InChI=1S/C29H38N8O3S/c1-29(2)19-5-4-18(21(29)14-19)16-35(3)27-32-26(31-20-6-7-22-23(15-20)41-17-30-22)33-28(34-27)37-12-10-36(11-13-37)24(38)8-9-25(39)40/h6-7,15,17-19,21H,4-5,8-14,16H2,1-3H3,(H,39,40)(H,31,32,33,34)/t18?,19-,21-/m0/s1. The van der Waals surface area contributed by atoms with Gasteiger partial charge in [-0.15, -0.1) is 11.3 Å². The maximum Gasteiger partial charge on any atom is 0.303 e. The highest BCUT2D eigenvalue weighted by Crippen LogP contribution is 2.61. The monoisotopic (exact) mass is 578 g/mol. The molecule has 4 aliphatic rings. The van der Waals surface area contributed by atoms with Crippen LogP contribution in [-0.2, 0) is 9.59 Å². The van der Waals surface area contributed by atoms with Gasteiger partial charge in [-0.05, 0) is 60.6 Å². The van der Waals surface area contributed by atoms with Crippen molar-refractivity contribution in [3.8, 4) is 0 Å². The van der Waals surface area contributed by atoms with E-state index >= 15 is 0 Å². The Kier molecular flexibility index (Phi) is 7.43. The highest BCUT2D eigenvalue weighted by Gasteiger charge is 2.54. The van der Waals surface area contributed by atoms with Crippen LogP contribution in [0.15, 0.2) is 23.7 Å². The molecule has 41 heavy (non-hydrogen) atoms. The second kappa shape index (κ2) is 11.0. The van der Waals surface area contributed by atoms with Crippen LogP contribution in [0.5, 0.6) is 0 Å². The lowest BCUT2D eigenvalue weighted by Gasteiger charge is -2.60. The predicted octanol–water partition coefficient (Wildman–Crippen LogP) is 4.25. The molecule has 7 rings (SSSR count). The lowest BCUT2D eigenvalue weighted by molar-refractivity contribution is -0.141. The van der Waals surface area contributed by atoms with Crippen LogP contribution in [0, 0.1) is 23.2 Å². The zero-order chi connectivity index (χ0) is 28.7. The quantitative estimate of drug-likeness (QED) is 0.380. The number of hydrogen-bond donors (Lipinski definition) is 2. The number of hydrogen-bond acceptors (Lipinski definition) is 10. The number of benzene rings is 1. The minimum atomic E-state index is -0.956. The van der Waals surface area contributed by atoms with Crippen molar-refractivity contribution < 1.29 is 14.7 Å². The number of fused-ring (bicyclic) bond motifs is 3. The molecule has 0 spiro atoms. The summed E-state index contributed by atoms with van der Waals surface area (Å²) in [5.41, 5.74) is 4.10. The van der Waals surface area contributed by atoms with Crippen LogP contribution in [0.25, 0.3) is 10.2 Å². The number of thiazole rings is 1. The number of nitrogens with one attached hydrogen (secondary N) is 1. The summed E-state index contributed by atoms with van der Waals surface area (Å²) in [4.78, 5) is 48.3. The van der Waals surface area contributed by atoms with Gasteiger partial charge in [0.2, 0.25) is 23.8 Å². The van der Waals surface area contributed by atoms with Gasteiger partial charge >= 0.3 is 5.97 Å². The van der Waals surface area contributed by atoms with Gasteiger partial charge in [0, 0.05) is 51.9 Å². The maximum atomic E-state index is 12.5. The molecule has 3 saturated carbocycles. The number of anilines is 4. The number of aromatic nitrogens is 4. The van der Waals surface area contributed by atoms with Crippen LogP contribution in [0.4, 0.5) is 23.5 Å². The van der Waals surface area contributed by atoms with Gasteiger partial charge in [0.1, 0.15) is 0 Å². The minimum Gasteiger partial charge on any atom is -0.481 e. The third-order valence-corrected chi connectivity index (χ3v) is 10.3. The van der Waals surface area contributed by atoms with E-state index in [1.54, 1.807) is 16.2 Å². The van der Waals surface area contributed by atoms with E-state index < -0.39 is 5.97 Å². The SMILES string of the molecule is CN(CC1CC[C@H]2C[C@@H]1C2(C)C)c1nc(Nc2ccc3ncsc3c2)nc(N2CCN(C(=O)CCC(=O)O)CC2)n1. The number of carboxylic acid groups (broad SMARTS) is 1. The predicted molar refractivity (Wildman–Crippen MR) is 160 cm³/mol. The molecule has 11 nitrogen and oxygen atoms in total. The Labute approximate surface area is 244 Å². The summed E-state index contributed by atoms with van der Waals surface area (Å²) in [7, 11) is 2.07. The summed E-state index contributed by atoms with van der Waals surface area (Å²) in [5, 5.41) is 12.3. The Morgan fingerprint density at radius 2 is 1.93 bits per heavy atom. The third kappa shape index (κ3) is 5.66. The summed E-state index contributed by atoms with van der Waals surface area (Å²) >= 11 is 1.59. The van der Waals surface area contributed by atoms with Crippen LogP contribution in [-0.4, -0.2) is 81.6 Å². The number of nitrogens with zero attached hydrogens (tertiary/aromatic N) is 7. The normalized spacial score (nSPS) is 23.2. The van der Waals surface area contributed by atoms with Crippen molar-refractivity contribution in [3.63, 3.8) is 0 Å². The molecule has 3 aliphatic carbocycles. The molecule has 1 aromatic carbocycles. The first-order chi connectivity index (χ1) is 19.7. The van der Waals surface area contributed by atoms with Crippen LogP contribution in [0.1, 0.15) is 46.0 Å². The number of amides is 1. The average molecular weight is 579 g/mol. The molecule has 0 radical (unpaired) electrons. The van der Waals surface area contributed by atoms with Crippen molar-refractivity contribution >= 4 is 57.0 Å². The molecule has 3 atom stereocenters. The van der Waals surface area contributed by atoms with Gasteiger partial charge in [0.25, 0.3) is 0 Å². The fourth-order valence-electron chi connectivity index (χ4n) is 6.93. The minimum absolute atomic E-state index is 0.0217. The number of rotatable bonds is 9. The second-order valence-electron chi connectivity index (χ2n) is 12.3. The molecule has 3 aromatic rings. The molecule has 1 saturated heterocycles. The topological polar surface area (TPSA) is 128 Å². The van der Waals surface area contributed by atoms with Crippen molar-refractivity contribution in [2.24, 2.45) is 23.2 Å². The highest BCUT2D eigenvalue weighted by atomic mass is 32.1. The van der Waals surface area contributed by atoms with E-state index in [-0.39, 0.29) is 18.7 Å². The molecule has 12 heteroatoms. The number of aliphatic carboxylic acids is 1. The first-order valence-corrected chi connectivity index (χ1v) is 15.4. The van der Waals surface area contributed by atoms with Gasteiger partial charge in [-0.3, -0.25) is 9.59 Å². The van der Waals surface area contributed by atoms with E-state index in [0.29, 0.717) is 55.4 Å². The molecule has 3 heterocycles. The van der Waals surface area contributed by atoms with Crippen LogP contribution in [0.2, 0.25) is 0 Å². The molecule has 1 unspecified atom stereocenters. The number of carbonyl (C=O) groups is 2. The number of piperazine rings is 1. The molecule has 2 bridgehead atoms. The molecular formula is C29H38N8O3S. The lowest BCUT2D eigenvalue weighted by atomic mass is 9.45. The Balaban J connectivity index is 1.21. The van der Waals surface area contributed by atoms with Gasteiger partial charge in [0.05, 0.1) is 22.1 Å². The van der Waals surface area contributed by atoms with Gasteiger partial charge in [-0.2, -0.15) is 15.0 Å². The maximum absolute atomic E-state index is 12.5. The molecule has 218 valence electrons.